The number of nitriles is 1. The second-order valence-electron chi connectivity index (χ2n) is 4.36. The predicted octanol–water partition coefficient (Wildman–Crippen LogP) is 2.50. The lowest BCUT2D eigenvalue weighted by atomic mass is 10.2. The summed E-state index contributed by atoms with van der Waals surface area (Å²) in [5, 5.41) is 8.78. The second kappa shape index (κ2) is 7.34. The van der Waals surface area contributed by atoms with Crippen molar-refractivity contribution >= 4 is 11.6 Å². The van der Waals surface area contributed by atoms with Crippen molar-refractivity contribution in [1.29, 1.82) is 5.26 Å². The van der Waals surface area contributed by atoms with Gasteiger partial charge in [0.1, 0.15) is 0 Å². The van der Waals surface area contributed by atoms with Crippen LogP contribution in [0.25, 0.3) is 0 Å². The number of rotatable bonds is 5. The average molecular weight is 258 g/mol. The molecule has 0 atom stereocenters. The quantitative estimate of drug-likeness (QED) is 0.762. The van der Waals surface area contributed by atoms with Crippen molar-refractivity contribution in [3.8, 4) is 6.07 Å². The molecule has 0 radical (unpaired) electrons. The van der Waals surface area contributed by atoms with E-state index in [0.717, 1.165) is 11.3 Å². The number of amides is 1. The van der Waals surface area contributed by atoms with Crippen LogP contribution in [-0.4, -0.2) is 26.2 Å². The smallest absolute Gasteiger partial charge is 0.250 e. The summed E-state index contributed by atoms with van der Waals surface area (Å²) in [7, 11) is 1.60. The Labute approximate surface area is 113 Å². The number of nitrogens with zero attached hydrogens (tertiary/aromatic N) is 2. The Morgan fingerprint density at radius 1 is 1.37 bits per heavy atom. The van der Waals surface area contributed by atoms with E-state index in [-0.39, 0.29) is 5.91 Å². The van der Waals surface area contributed by atoms with Crippen molar-refractivity contribution in [2.45, 2.75) is 13.8 Å². The molecule has 1 rings (SSSR count). The Morgan fingerprint density at radius 2 is 2.00 bits per heavy atom. The van der Waals surface area contributed by atoms with Gasteiger partial charge in [-0.15, -0.1) is 0 Å². The molecule has 0 bridgehead atoms. The van der Waals surface area contributed by atoms with Gasteiger partial charge in [-0.2, -0.15) is 5.26 Å². The SMILES string of the molecule is COCCN(C(=O)C=C(C)C)c1ccc(C#N)cc1. The number of methoxy groups -OCH3 is 1. The van der Waals surface area contributed by atoms with Gasteiger partial charge in [0.15, 0.2) is 0 Å². The summed E-state index contributed by atoms with van der Waals surface area (Å²) in [6.45, 7) is 4.70. The molecule has 0 aliphatic rings. The molecule has 0 saturated carbocycles. The number of ether oxygens (including phenoxy) is 1. The van der Waals surface area contributed by atoms with Crippen LogP contribution in [0.3, 0.4) is 0 Å². The van der Waals surface area contributed by atoms with Crippen LogP contribution in [0.1, 0.15) is 19.4 Å². The standard InChI is InChI=1S/C15H18N2O2/c1-12(2)10-15(18)17(8-9-19-3)14-6-4-13(11-16)5-7-14/h4-7,10H,8-9H2,1-3H3. The summed E-state index contributed by atoms with van der Waals surface area (Å²) >= 11 is 0. The van der Waals surface area contributed by atoms with Crippen LogP contribution < -0.4 is 4.90 Å². The Bertz CT molecular complexity index is 494. The first-order chi connectivity index (χ1) is 9.08. The van der Waals surface area contributed by atoms with Crippen LogP contribution in [0.2, 0.25) is 0 Å². The summed E-state index contributed by atoms with van der Waals surface area (Å²) in [6.07, 6.45) is 1.59. The Hall–Kier alpha value is -2.12. The van der Waals surface area contributed by atoms with Gasteiger partial charge in [0.2, 0.25) is 0 Å². The minimum absolute atomic E-state index is 0.0817. The third kappa shape index (κ3) is 4.57. The fourth-order valence-corrected chi connectivity index (χ4v) is 1.59. The zero-order chi connectivity index (χ0) is 14.3. The van der Waals surface area contributed by atoms with Crippen molar-refractivity contribution in [1.82, 2.24) is 0 Å². The average Bonchev–Trinajstić information content (AvgIpc) is 2.39. The maximum absolute atomic E-state index is 12.1. The number of hydrogen-bond donors (Lipinski definition) is 0. The van der Waals surface area contributed by atoms with Gasteiger partial charge in [-0.1, -0.05) is 5.57 Å². The molecule has 0 spiro atoms. The van der Waals surface area contributed by atoms with E-state index in [2.05, 4.69) is 6.07 Å². The van der Waals surface area contributed by atoms with Gasteiger partial charge < -0.3 is 9.64 Å². The highest BCUT2D eigenvalue weighted by atomic mass is 16.5. The first-order valence-electron chi connectivity index (χ1n) is 6.04. The molecule has 1 amide bonds. The summed E-state index contributed by atoms with van der Waals surface area (Å²) in [5.74, 6) is -0.0817. The van der Waals surface area contributed by atoms with Crippen LogP contribution >= 0.6 is 0 Å². The molecule has 100 valence electrons. The molecule has 0 fully saturated rings. The van der Waals surface area contributed by atoms with E-state index in [4.69, 9.17) is 10.00 Å². The molecule has 0 N–H and O–H groups in total. The van der Waals surface area contributed by atoms with Gasteiger partial charge >= 0.3 is 0 Å². The van der Waals surface area contributed by atoms with E-state index in [0.29, 0.717) is 18.7 Å². The minimum Gasteiger partial charge on any atom is -0.383 e. The molecular weight excluding hydrogens is 240 g/mol. The summed E-state index contributed by atoms with van der Waals surface area (Å²) in [4.78, 5) is 13.8. The van der Waals surface area contributed by atoms with Gasteiger partial charge in [-0.05, 0) is 38.1 Å². The van der Waals surface area contributed by atoms with Crippen LogP contribution in [-0.2, 0) is 9.53 Å². The number of carbonyl (C=O) groups is 1. The van der Waals surface area contributed by atoms with Crippen molar-refractivity contribution in [3.63, 3.8) is 0 Å². The van der Waals surface area contributed by atoms with Gasteiger partial charge in [0, 0.05) is 25.4 Å². The molecule has 1 aromatic carbocycles. The van der Waals surface area contributed by atoms with Gasteiger partial charge in [0.25, 0.3) is 5.91 Å². The number of carbonyl (C=O) groups excluding carboxylic acids is 1. The van der Waals surface area contributed by atoms with Crippen LogP contribution in [0.15, 0.2) is 35.9 Å². The third-order valence-corrected chi connectivity index (χ3v) is 2.51. The first kappa shape index (κ1) is 14.9. The third-order valence-electron chi connectivity index (χ3n) is 2.51. The maximum Gasteiger partial charge on any atom is 0.250 e. The predicted molar refractivity (Wildman–Crippen MR) is 74.8 cm³/mol. The highest BCUT2D eigenvalue weighted by Crippen LogP contribution is 2.16. The molecule has 0 aromatic heterocycles. The van der Waals surface area contributed by atoms with E-state index in [1.54, 1.807) is 42.4 Å². The van der Waals surface area contributed by atoms with Crippen molar-refractivity contribution < 1.29 is 9.53 Å². The molecule has 19 heavy (non-hydrogen) atoms. The van der Waals surface area contributed by atoms with E-state index in [9.17, 15) is 4.79 Å². The molecule has 0 aliphatic heterocycles. The normalized spacial score (nSPS) is 9.58. The Balaban J connectivity index is 2.98. The van der Waals surface area contributed by atoms with Gasteiger partial charge in [-0.25, -0.2) is 0 Å². The van der Waals surface area contributed by atoms with Crippen LogP contribution in [0.5, 0.6) is 0 Å². The number of anilines is 1. The van der Waals surface area contributed by atoms with E-state index in [1.807, 2.05) is 13.8 Å². The fourth-order valence-electron chi connectivity index (χ4n) is 1.59. The van der Waals surface area contributed by atoms with Crippen LogP contribution in [0, 0.1) is 11.3 Å². The van der Waals surface area contributed by atoms with E-state index >= 15 is 0 Å². The molecular formula is C15H18N2O2. The zero-order valence-electron chi connectivity index (χ0n) is 11.5. The number of allylic oxidation sites excluding steroid dienone is 1. The minimum atomic E-state index is -0.0817. The van der Waals surface area contributed by atoms with Crippen LogP contribution in [0.4, 0.5) is 5.69 Å². The highest BCUT2D eigenvalue weighted by Gasteiger charge is 2.13. The molecule has 4 nitrogen and oxygen atoms in total. The van der Waals surface area contributed by atoms with Gasteiger partial charge in [0.05, 0.1) is 18.2 Å². The van der Waals surface area contributed by atoms with E-state index in [1.165, 1.54) is 0 Å². The van der Waals surface area contributed by atoms with Gasteiger partial charge in [-0.3, -0.25) is 4.79 Å². The monoisotopic (exact) mass is 258 g/mol. The van der Waals surface area contributed by atoms with Crippen molar-refractivity contribution in [2.75, 3.05) is 25.2 Å². The van der Waals surface area contributed by atoms with E-state index < -0.39 is 0 Å². The molecule has 0 unspecified atom stereocenters. The molecule has 4 heteroatoms. The van der Waals surface area contributed by atoms with Crippen molar-refractivity contribution in [3.05, 3.63) is 41.5 Å². The second-order valence-corrected chi connectivity index (χ2v) is 4.36. The maximum atomic E-state index is 12.1. The van der Waals surface area contributed by atoms with Crippen molar-refractivity contribution in [2.24, 2.45) is 0 Å². The summed E-state index contributed by atoms with van der Waals surface area (Å²) < 4.78 is 5.03. The Kier molecular flexibility index (Phi) is 5.77. The molecule has 0 heterocycles. The Morgan fingerprint density at radius 3 is 2.47 bits per heavy atom. The number of benzene rings is 1. The lowest BCUT2D eigenvalue weighted by Crippen LogP contribution is -2.32. The topological polar surface area (TPSA) is 53.3 Å². The summed E-state index contributed by atoms with van der Waals surface area (Å²) in [5.41, 5.74) is 2.28. The molecule has 0 aliphatic carbocycles. The zero-order valence-corrected chi connectivity index (χ0v) is 11.5. The largest absolute Gasteiger partial charge is 0.383 e. The molecule has 1 aromatic rings. The lowest BCUT2D eigenvalue weighted by Gasteiger charge is -2.21. The number of hydrogen-bond acceptors (Lipinski definition) is 3. The summed E-state index contributed by atoms with van der Waals surface area (Å²) in [6, 6.07) is 8.99. The highest BCUT2D eigenvalue weighted by molar-refractivity contribution is 6.01. The fraction of sp³-hybridized carbons (Fsp3) is 0.333. The lowest BCUT2D eigenvalue weighted by molar-refractivity contribution is -0.114. The first-order valence-corrected chi connectivity index (χ1v) is 6.04. The molecule has 0 saturated heterocycles.